The average Bonchev–Trinajstić information content (AvgIpc) is 2.55. The van der Waals surface area contributed by atoms with Crippen molar-refractivity contribution in [3.8, 4) is 0 Å². The predicted octanol–water partition coefficient (Wildman–Crippen LogP) is 3.84. The molecule has 1 atom stereocenters. The van der Waals surface area contributed by atoms with Gasteiger partial charge in [-0.1, -0.05) is 36.4 Å². The Balaban J connectivity index is 1.56. The summed E-state index contributed by atoms with van der Waals surface area (Å²) in [6, 6.07) is 16.6. The van der Waals surface area contributed by atoms with Crippen LogP contribution in [0.15, 0.2) is 59.5 Å². The molecule has 3 rings (SSSR count). The number of fused-ring (bicyclic) bond motifs is 1. The standard InChI is InChI=1S/C17H15NO3S/c19-16-12(11-22-15-9-5-4-8-14(15)16)10-21-17(20)18-13-6-2-1-3-7-13/h1-9,12H,10-11H2,(H,18,20). The lowest BCUT2D eigenvalue weighted by Gasteiger charge is -2.22. The summed E-state index contributed by atoms with van der Waals surface area (Å²) < 4.78 is 5.19. The summed E-state index contributed by atoms with van der Waals surface area (Å²) in [4.78, 5) is 25.1. The van der Waals surface area contributed by atoms with E-state index in [4.69, 9.17) is 4.74 Å². The number of ether oxygens (including phenoxy) is 1. The number of thioether (sulfide) groups is 1. The number of ketones is 1. The van der Waals surface area contributed by atoms with Gasteiger partial charge in [0.1, 0.15) is 6.61 Å². The third-order valence-corrected chi connectivity index (χ3v) is 4.64. The van der Waals surface area contributed by atoms with Crippen molar-refractivity contribution >= 4 is 29.3 Å². The Kier molecular flexibility index (Phi) is 4.44. The molecule has 4 nitrogen and oxygen atoms in total. The van der Waals surface area contributed by atoms with Crippen molar-refractivity contribution in [1.82, 2.24) is 0 Å². The van der Waals surface area contributed by atoms with Gasteiger partial charge in [-0.15, -0.1) is 11.8 Å². The van der Waals surface area contributed by atoms with Gasteiger partial charge in [0.2, 0.25) is 0 Å². The summed E-state index contributed by atoms with van der Waals surface area (Å²) in [6.07, 6.45) is -0.539. The van der Waals surface area contributed by atoms with Crippen LogP contribution in [0.1, 0.15) is 10.4 Å². The van der Waals surface area contributed by atoms with Gasteiger partial charge in [-0.05, 0) is 18.2 Å². The van der Waals surface area contributed by atoms with Crippen molar-refractivity contribution in [2.24, 2.45) is 5.92 Å². The number of rotatable bonds is 3. The quantitative estimate of drug-likeness (QED) is 0.935. The maximum absolute atomic E-state index is 12.4. The molecule has 1 amide bonds. The number of Topliss-reactive ketones (excluding diaryl/α,β-unsaturated/α-hetero) is 1. The third kappa shape index (κ3) is 3.31. The predicted molar refractivity (Wildman–Crippen MR) is 86.4 cm³/mol. The maximum atomic E-state index is 12.4. The van der Waals surface area contributed by atoms with E-state index in [2.05, 4.69) is 5.32 Å². The molecule has 0 aromatic heterocycles. The molecule has 0 aliphatic carbocycles. The minimum Gasteiger partial charge on any atom is -0.448 e. The van der Waals surface area contributed by atoms with E-state index < -0.39 is 6.09 Å². The molecule has 0 radical (unpaired) electrons. The normalized spacial score (nSPS) is 16.7. The van der Waals surface area contributed by atoms with Crippen LogP contribution < -0.4 is 5.32 Å². The second kappa shape index (κ2) is 6.66. The number of carbonyl (C=O) groups is 2. The summed E-state index contributed by atoms with van der Waals surface area (Å²) in [5.74, 6) is 0.386. The van der Waals surface area contributed by atoms with Gasteiger partial charge in [-0.3, -0.25) is 10.1 Å². The number of para-hydroxylation sites is 1. The fraction of sp³-hybridized carbons (Fsp3) is 0.176. The molecule has 2 aromatic rings. The molecule has 0 saturated carbocycles. The molecule has 1 unspecified atom stereocenters. The summed E-state index contributed by atoms with van der Waals surface area (Å²) in [5.41, 5.74) is 1.39. The summed E-state index contributed by atoms with van der Waals surface area (Å²) in [7, 11) is 0. The Morgan fingerprint density at radius 2 is 1.86 bits per heavy atom. The van der Waals surface area contributed by atoms with Crippen LogP contribution in [-0.4, -0.2) is 24.2 Å². The Morgan fingerprint density at radius 1 is 1.14 bits per heavy atom. The van der Waals surface area contributed by atoms with E-state index in [9.17, 15) is 9.59 Å². The monoisotopic (exact) mass is 313 g/mol. The molecule has 1 aliphatic heterocycles. The zero-order valence-corrected chi connectivity index (χ0v) is 12.6. The van der Waals surface area contributed by atoms with Crippen LogP contribution in [0.25, 0.3) is 0 Å². The number of carbonyl (C=O) groups excluding carboxylic acids is 2. The first-order valence-electron chi connectivity index (χ1n) is 6.99. The first-order chi connectivity index (χ1) is 10.7. The molecule has 5 heteroatoms. The summed E-state index contributed by atoms with van der Waals surface area (Å²) in [6.45, 7) is 0.0961. The first-order valence-corrected chi connectivity index (χ1v) is 7.97. The summed E-state index contributed by atoms with van der Waals surface area (Å²) >= 11 is 1.62. The van der Waals surface area contributed by atoms with Crippen molar-refractivity contribution in [1.29, 1.82) is 0 Å². The molecular formula is C17H15NO3S. The molecule has 2 aromatic carbocycles. The lowest BCUT2D eigenvalue weighted by molar-refractivity contribution is 0.0849. The van der Waals surface area contributed by atoms with Crippen molar-refractivity contribution < 1.29 is 14.3 Å². The lowest BCUT2D eigenvalue weighted by Crippen LogP contribution is -2.28. The minimum absolute atomic E-state index is 0.0434. The molecule has 1 aliphatic rings. The highest BCUT2D eigenvalue weighted by atomic mass is 32.2. The average molecular weight is 313 g/mol. The Hall–Kier alpha value is -2.27. The van der Waals surface area contributed by atoms with E-state index in [1.807, 2.05) is 42.5 Å². The van der Waals surface area contributed by atoms with Crippen LogP contribution in [0.5, 0.6) is 0 Å². The topological polar surface area (TPSA) is 55.4 Å². The van der Waals surface area contributed by atoms with Gasteiger partial charge >= 0.3 is 6.09 Å². The highest BCUT2D eigenvalue weighted by molar-refractivity contribution is 7.99. The van der Waals surface area contributed by atoms with E-state index in [0.717, 1.165) is 10.5 Å². The molecule has 0 spiro atoms. The lowest BCUT2D eigenvalue weighted by atomic mass is 9.99. The van der Waals surface area contributed by atoms with Gasteiger partial charge < -0.3 is 4.74 Å². The zero-order chi connectivity index (χ0) is 15.4. The van der Waals surface area contributed by atoms with E-state index >= 15 is 0 Å². The SMILES string of the molecule is O=C(Nc1ccccc1)OCC1CSc2ccccc2C1=O. The maximum Gasteiger partial charge on any atom is 0.411 e. The molecule has 0 saturated heterocycles. The minimum atomic E-state index is -0.539. The number of nitrogens with one attached hydrogen (secondary N) is 1. The van der Waals surface area contributed by atoms with Crippen molar-refractivity contribution in [3.63, 3.8) is 0 Å². The van der Waals surface area contributed by atoms with E-state index in [1.54, 1.807) is 23.9 Å². The first kappa shape index (κ1) is 14.7. The fourth-order valence-corrected chi connectivity index (χ4v) is 3.38. The zero-order valence-electron chi connectivity index (χ0n) is 11.8. The van der Waals surface area contributed by atoms with Crippen molar-refractivity contribution in [2.45, 2.75) is 4.90 Å². The van der Waals surface area contributed by atoms with Crippen LogP contribution >= 0.6 is 11.8 Å². The highest BCUT2D eigenvalue weighted by Crippen LogP contribution is 2.32. The second-order valence-corrected chi connectivity index (χ2v) is 6.02. The van der Waals surface area contributed by atoms with Gasteiger partial charge in [-0.2, -0.15) is 0 Å². The van der Waals surface area contributed by atoms with Gasteiger partial charge in [0, 0.05) is 21.9 Å². The molecule has 1 heterocycles. The smallest absolute Gasteiger partial charge is 0.411 e. The van der Waals surface area contributed by atoms with Crippen molar-refractivity contribution in [3.05, 3.63) is 60.2 Å². The van der Waals surface area contributed by atoms with Gasteiger partial charge in [0.05, 0.1) is 5.92 Å². The van der Waals surface area contributed by atoms with Gasteiger partial charge in [-0.25, -0.2) is 4.79 Å². The molecule has 0 bridgehead atoms. The van der Waals surface area contributed by atoms with Crippen molar-refractivity contribution in [2.75, 3.05) is 17.7 Å². The molecule has 112 valence electrons. The number of anilines is 1. The molecular weight excluding hydrogens is 298 g/mol. The van der Waals surface area contributed by atoms with Crippen LogP contribution in [-0.2, 0) is 4.74 Å². The largest absolute Gasteiger partial charge is 0.448 e. The van der Waals surface area contributed by atoms with Crippen LogP contribution in [0.4, 0.5) is 10.5 Å². The second-order valence-electron chi connectivity index (χ2n) is 4.96. The van der Waals surface area contributed by atoms with Gasteiger partial charge in [0.15, 0.2) is 5.78 Å². The van der Waals surface area contributed by atoms with Crippen LogP contribution in [0, 0.1) is 5.92 Å². The fourth-order valence-electron chi connectivity index (χ4n) is 2.26. The molecule has 0 fully saturated rings. The number of amides is 1. The van der Waals surface area contributed by atoms with E-state index in [1.165, 1.54) is 0 Å². The Morgan fingerprint density at radius 3 is 2.68 bits per heavy atom. The number of hydrogen-bond donors (Lipinski definition) is 1. The number of benzene rings is 2. The van der Waals surface area contributed by atoms with Crippen LogP contribution in [0.2, 0.25) is 0 Å². The van der Waals surface area contributed by atoms with E-state index in [0.29, 0.717) is 11.4 Å². The molecule has 22 heavy (non-hydrogen) atoms. The summed E-state index contributed by atoms with van der Waals surface area (Å²) in [5, 5.41) is 2.64. The van der Waals surface area contributed by atoms with E-state index in [-0.39, 0.29) is 18.3 Å². The van der Waals surface area contributed by atoms with Crippen LogP contribution in [0.3, 0.4) is 0 Å². The van der Waals surface area contributed by atoms with Gasteiger partial charge in [0.25, 0.3) is 0 Å². The number of hydrogen-bond acceptors (Lipinski definition) is 4. The molecule has 1 N–H and O–H groups in total. The Labute approximate surface area is 132 Å². The highest BCUT2D eigenvalue weighted by Gasteiger charge is 2.28. The Bertz CT molecular complexity index is 687. The third-order valence-electron chi connectivity index (χ3n) is 3.40.